The Labute approximate surface area is 128 Å². The fraction of sp³-hybridized carbons (Fsp3) is 0.611. The van der Waals surface area contributed by atoms with Crippen molar-refractivity contribution in [3.8, 4) is 11.8 Å². The molecule has 114 valence electrons. The largest absolute Gasteiger partial charge is 0.494 e. The lowest BCUT2D eigenvalue weighted by Crippen LogP contribution is -2.46. The molecule has 1 saturated heterocycles. The van der Waals surface area contributed by atoms with Gasteiger partial charge in [-0.25, -0.2) is 0 Å². The molecule has 0 amide bonds. The molecule has 0 saturated carbocycles. The number of rotatable bonds is 5. The van der Waals surface area contributed by atoms with Crippen molar-refractivity contribution in [1.29, 1.82) is 5.26 Å². The van der Waals surface area contributed by atoms with Gasteiger partial charge in [-0.3, -0.25) is 0 Å². The van der Waals surface area contributed by atoms with Crippen molar-refractivity contribution in [3.05, 3.63) is 29.8 Å². The number of likely N-dealkylation sites (tertiary alicyclic amines) is 1. The topological polar surface area (TPSA) is 36.3 Å². The maximum Gasteiger partial charge on any atom is 0.120 e. The predicted octanol–water partition coefficient (Wildman–Crippen LogP) is 3.69. The smallest absolute Gasteiger partial charge is 0.120 e. The first kappa shape index (κ1) is 15.9. The maximum absolute atomic E-state index is 8.87. The number of ether oxygens (including phenoxy) is 1. The minimum absolute atomic E-state index is 0.653. The third-order valence-corrected chi connectivity index (χ3v) is 4.54. The van der Waals surface area contributed by atoms with E-state index in [-0.39, 0.29) is 0 Å². The molecule has 3 heteroatoms. The van der Waals surface area contributed by atoms with Crippen LogP contribution in [0, 0.1) is 23.2 Å². The summed E-state index contributed by atoms with van der Waals surface area (Å²) in [5.41, 5.74) is 0.653. The molecule has 0 aliphatic carbocycles. The second-order valence-corrected chi connectivity index (χ2v) is 6.40. The zero-order valence-electron chi connectivity index (χ0n) is 13.4. The van der Waals surface area contributed by atoms with E-state index in [1.807, 2.05) is 12.1 Å². The lowest BCUT2D eigenvalue weighted by atomic mass is 9.86. The van der Waals surface area contributed by atoms with Crippen LogP contribution in [0.15, 0.2) is 24.3 Å². The Morgan fingerprint density at radius 1 is 1.33 bits per heavy atom. The van der Waals surface area contributed by atoms with Gasteiger partial charge in [0.2, 0.25) is 0 Å². The van der Waals surface area contributed by atoms with Crippen molar-refractivity contribution in [2.75, 3.05) is 19.7 Å². The van der Waals surface area contributed by atoms with Gasteiger partial charge in [-0.05, 0) is 49.8 Å². The van der Waals surface area contributed by atoms with E-state index in [4.69, 9.17) is 10.00 Å². The Kier molecular flexibility index (Phi) is 5.64. The number of hydrogen-bond acceptors (Lipinski definition) is 3. The van der Waals surface area contributed by atoms with Crippen molar-refractivity contribution >= 4 is 0 Å². The first-order valence-corrected chi connectivity index (χ1v) is 7.97. The zero-order chi connectivity index (χ0) is 15.2. The zero-order valence-corrected chi connectivity index (χ0v) is 13.4. The third kappa shape index (κ3) is 4.47. The van der Waals surface area contributed by atoms with E-state index in [0.29, 0.717) is 18.2 Å². The second kappa shape index (κ2) is 7.47. The second-order valence-electron chi connectivity index (χ2n) is 6.40. The molecule has 0 bridgehead atoms. The summed E-state index contributed by atoms with van der Waals surface area (Å²) in [6, 6.07) is 10.2. The Hall–Kier alpha value is -1.53. The van der Waals surface area contributed by atoms with Crippen LogP contribution >= 0.6 is 0 Å². The summed E-state index contributed by atoms with van der Waals surface area (Å²) >= 11 is 0. The highest BCUT2D eigenvalue weighted by Crippen LogP contribution is 2.26. The summed E-state index contributed by atoms with van der Waals surface area (Å²) < 4.78 is 5.75. The summed E-state index contributed by atoms with van der Waals surface area (Å²) in [5.74, 6) is 2.37. The molecular weight excluding hydrogens is 260 g/mol. The van der Waals surface area contributed by atoms with Gasteiger partial charge in [0.25, 0.3) is 0 Å². The molecular formula is C18H26N2O. The molecule has 3 atom stereocenters. The van der Waals surface area contributed by atoms with Crippen LogP contribution in [0.4, 0.5) is 0 Å². The van der Waals surface area contributed by atoms with Crippen LogP contribution in [0.2, 0.25) is 0 Å². The third-order valence-electron chi connectivity index (χ3n) is 4.54. The van der Waals surface area contributed by atoms with E-state index in [1.165, 1.54) is 13.0 Å². The summed E-state index contributed by atoms with van der Waals surface area (Å²) in [7, 11) is 0. The van der Waals surface area contributed by atoms with Gasteiger partial charge in [0.1, 0.15) is 5.75 Å². The molecule has 1 aromatic rings. The van der Waals surface area contributed by atoms with Gasteiger partial charge in [0, 0.05) is 19.1 Å². The summed E-state index contributed by atoms with van der Waals surface area (Å²) in [4.78, 5) is 2.59. The standard InChI is InChI=1S/C18H26N2O/c1-14-10-15(2)16(3)20(13-14)8-5-9-21-18-7-4-6-17(11-18)12-19/h4,6-7,11,14-16H,5,8-10,13H2,1-3H3. The number of nitriles is 1. The molecule has 0 spiro atoms. The van der Waals surface area contributed by atoms with Crippen molar-refractivity contribution in [2.45, 2.75) is 39.7 Å². The maximum atomic E-state index is 8.87. The molecule has 21 heavy (non-hydrogen) atoms. The fourth-order valence-corrected chi connectivity index (χ4v) is 3.24. The Morgan fingerprint density at radius 2 is 2.14 bits per heavy atom. The van der Waals surface area contributed by atoms with Crippen molar-refractivity contribution in [3.63, 3.8) is 0 Å². The Morgan fingerprint density at radius 3 is 2.90 bits per heavy atom. The monoisotopic (exact) mass is 286 g/mol. The van der Waals surface area contributed by atoms with Crippen LogP contribution in [0.5, 0.6) is 5.75 Å². The minimum Gasteiger partial charge on any atom is -0.494 e. The van der Waals surface area contributed by atoms with Gasteiger partial charge in [-0.15, -0.1) is 0 Å². The van der Waals surface area contributed by atoms with Crippen molar-refractivity contribution in [1.82, 2.24) is 4.90 Å². The van der Waals surface area contributed by atoms with E-state index in [0.717, 1.165) is 30.6 Å². The van der Waals surface area contributed by atoms with E-state index in [9.17, 15) is 0 Å². The van der Waals surface area contributed by atoms with Crippen molar-refractivity contribution in [2.24, 2.45) is 11.8 Å². The molecule has 0 radical (unpaired) electrons. The van der Waals surface area contributed by atoms with Crippen molar-refractivity contribution < 1.29 is 4.74 Å². The number of piperidine rings is 1. The molecule has 0 N–H and O–H groups in total. The van der Waals surface area contributed by atoms with E-state index >= 15 is 0 Å². The molecule has 1 fully saturated rings. The average molecular weight is 286 g/mol. The van der Waals surface area contributed by atoms with E-state index in [2.05, 4.69) is 31.7 Å². The molecule has 1 heterocycles. The lowest BCUT2D eigenvalue weighted by Gasteiger charge is -2.41. The first-order valence-electron chi connectivity index (χ1n) is 7.97. The lowest BCUT2D eigenvalue weighted by molar-refractivity contribution is 0.0746. The normalized spacial score (nSPS) is 26.3. The molecule has 2 rings (SSSR count). The Bertz CT molecular complexity index is 494. The van der Waals surface area contributed by atoms with Crippen LogP contribution in [0.25, 0.3) is 0 Å². The SMILES string of the molecule is CC1CC(C)C(C)N(CCCOc2cccc(C#N)c2)C1. The van der Waals surface area contributed by atoms with Crippen LogP contribution in [0.3, 0.4) is 0 Å². The van der Waals surface area contributed by atoms with Gasteiger partial charge in [-0.2, -0.15) is 5.26 Å². The first-order chi connectivity index (χ1) is 10.1. The number of benzene rings is 1. The highest BCUT2D eigenvalue weighted by molar-refractivity contribution is 5.36. The summed E-state index contributed by atoms with van der Waals surface area (Å²) in [5, 5.41) is 8.87. The van der Waals surface area contributed by atoms with E-state index in [1.54, 1.807) is 12.1 Å². The van der Waals surface area contributed by atoms with Gasteiger partial charge in [0.05, 0.1) is 18.2 Å². The van der Waals surface area contributed by atoms with Crippen LogP contribution in [-0.4, -0.2) is 30.6 Å². The quantitative estimate of drug-likeness (QED) is 0.774. The van der Waals surface area contributed by atoms with Gasteiger partial charge in [-0.1, -0.05) is 19.9 Å². The van der Waals surface area contributed by atoms with E-state index < -0.39 is 0 Å². The highest BCUT2D eigenvalue weighted by atomic mass is 16.5. The van der Waals surface area contributed by atoms with Crippen LogP contribution in [0.1, 0.15) is 39.2 Å². The summed E-state index contributed by atoms with van der Waals surface area (Å²) in [6.45, 7) is 10.0. The molecule has 1 aliphatic rings. The Balaban J connectivity index is 1.75. The molecule has 0 aromatic heterocycles. The minimum atomic E-state index is 0.653. The van der Waals surface area contributed by atoms with Gasteiger partial charge >= 0.3 is 0 Å². The molecule has 1 aromatic carbocycles. The van der Waals surface area contributed by atoms with Crippen LogP contribution < -0.4 is 4.74 Å². The predicted molar refractivity (Wildman–Crippen MR) is 85.2 cm³/mol. The highest BCUT2D eigenvalue weighted by Gasteiger charge is 2.27. The fourth-order valence-electron chi connectivity index (χ4n) is 3.24. The average Bonchev–Trinajstić information content (AvgIpc) is 2.48. The molecule has 3 nitrogen and oxygen atoms in total. The number of nitrogens with zero attached hydrogens (tertiary/aromatic N) is 2. The van der Waals surface area contributed by atoms with Crippen LogP contribution in [-0.2, 0) is 0 Å². The van der Waals surface area contributed by atoms with Gasteiger partial charge in [0.15, 0.2) is 0 Å². The number of hydrogen-bond donors (Lipinski definition) is 0. The van der Waals surface area contributed by atoms with Gasteiger partial charge < -0.3 is 9.64 Å². The molecule has 3 unspecified atom stereocenters. The molecule has 1 aliphatic heterocycles. The summed E-state index contributed by atoms with van der Waals surface area (Å²) in [6.07, 6.45) is 2.37.